The van der Waals surface area contributed by atoms with Gasteiger partial charge in [0.25, 0.3) is 0 Å². The van der Waals surface area contributed by atoms with Crippen LogP contribution in [0.2, 0.25) is 0 Å². The van der Waals surface area contributed by atoms with Gasteiger partial charge in [0.05, 0.1) is 18.7 Å². The molecule has 0 spiro atoms. The zero-order valence-electron chi connectivity index (χ0n) is 14.8. The lowest BCUT2D eigenvalue weighted by Crippen LogP contribution is -2.37. The summed E-state index contributed by atoms with van der Waals surface area (Å²) in [6.45, 7) is 2.87. The monoisotopic (exact) mass is 360 g/mol. The molecule has 1 N–H and O–H groups in total. The molecule has 1 saturated heterocycles. The molecule has 2 heterocycles. The molecule has 0 radical (unpaired) electrons. The number of carbonyl (C=O) groups is 1. The summed E-state index contributed by atoms with van der Waals surface area (Å²) < 4.78 is 5.45. The van der Waals surface area contributed by atoms with Crippen molar-refractivity contribution in [2.24, 2.45) is 0 Å². The molecule has 1 aliphatic rings. The van der Waals surface area contributed by atoms with Gasteiger partial charge < -0.3 is 14.7 Å². The van der Waals surface area contributed by atoms with Crippen molar-refractivity contribution in [1.29, 1.82) is 0 Å². The molecule has 3 aromatic rings. The highest BCUT2D eigenvalue weighted by molar-refractivity contribution is 6.07. The van der Waals surface area contributed by atoms with Crippen LogP contribution in [0.3, 0.4) is 0 Å². The third-order valence-corrected chi connectivity index (χ3v) is 4.59. The van der Waals surface area contributed by atoms with Crippen LogP contribution < -0.4 is 4.90 Å². The van der Waals surface area contributed by atoms with Crippen LogP contribution in [0.4, 0.5) is 5.82 Å². The number of aromatic hydroxyl groups is 1. The second-order valence-electron chi connectivity index (χ2n) is 6.44. The summed E-state index contributed by atoms with van der Waals surface area (Å²) in [5.74, 6) is 0.777. The van der Waals surface area contributed by atoms with Crippen LogP contribution in [-0.2, 0) is 4.74 Å². The van der Waals surface area contributed by atoms with Crippen molar-refractivity contribution in [1.82, 2.24) is 4.98 Å². The highest BCUT2D eigenvalue weighted by Crippen LogP contribution is 2.26. The van der Waals surface area contributed by atoms with E-state index in [1.54, 1.807) is 24.3 Å². The average Bonchev–Trinajstić information content (AvgIpc) is 2.72. The van der Waals surface area contributed by atoms with Crippen molar-refractivity contribution >= 4 is 28.6 Å². The number of hydrogen-bond acceptors (Lipinski definition) is 5. The first kappa shape index (κ1) is 17.2. The molecule has 1 aliphatic heterocycles. The zero-order chi connectivity index (χ0) is 18.6. The van der Waals surface area contributed by atoms with E-state index in [2.05, 4.69) is 11.0 Å². The predicted octanol–water partition coefficient (Wildman–Crippen LogP) is 3.67. The molecule has 0 unspecified atom stereocenters. The van der Waals surface area contributed by atoms with Gasteiger partial charge in [0.15, 0.2) is 5.78 Å². The summed E-state index contributed by atoms with van der Waals surface area (Å²) in [7, 11) is 0. The number of aromatic nitrogens is 1. The molecule has 5 heteroatoms. The highest BCUT2D eigenvalue weighted by atomic mass is 16.5. The van der Waals surface area contributed by atoms with Crippen molar-refractivity contribution in [3.63, 3.8) is 0 Å². The summed E-state index contributed by atoms with van der Waals surface area (Å²) in [5.41, 5.74) is 2.27. The van der Waals surface area contributed by atoms with Gasteiger partial charge in [-0.15, -0.1) is 0 Å². The molecular weight excluding hydrogens is 340 g/mol. The molecule has 1 fully saturated rings. The standard InChI is InChI=1S/C22H20N2O3/c25-19-6-3-5-17(15-19)21(26)9-8-18-14-16-4-1-2-7-20(16)23-22(18)24-10-12-27-13-11-24/h1-9,14-15,25H,10-13H2/b9-8+. The quantitative estimate of drug-likeness (QED) is 0.568. The van der Waals surface area contributed by atoms with E-state index in [0.29, 0.717) is 18.8 Å². The van der Waals surface area contributed by atoms with Gasteiger partial charge in [0.1, 0.15) is 11.6 Å². The Morgan fingerprint density at radius 1 is 1.07 bits per heavy atom. The SMILES string of the molecule is O=C(/C=C/c1cc2ccccc2nc1N1CCOCC1)c1cccc(O)c1. The van der Waals surface area contributed by atoms with Crippen LogP contribution in [0.25, 0.3) is 17.0 Å². The number of benzene rings is 2. The maximum atomic E-state index is 12.5. The maximum absolute atomic E-state index is 12.5. The van der Waals surface area contributed by atoms with Crippen LogP contribution in [0.15, 0.2) is 60.7 Å². The van der Waals surface area contributed by atoms with E-state index in [4.69, 9.17) is 9.72 Å². The smallest absolute Gasteiger partial charge is 0.185 e. The van der Waals surface area contributed by atoms with Crippen molar-refractivity contribution in [3.8, 4) is 5.75 Å². The Kier molecular flexibility index (Phi) is 4.85. The number of morpholine rings is 1. The Bertz CT molecular complexity index is 1010. The molecule has 0 aliphatic carbocycles. The Balaban J connectivity index is 1.71. The van der Waals surface area contributed by atoms with Crippen molar-refractivity contribution in [3.05, 3.63) is 71.8 Å². The van der Waals surface area contributed by atoms with Gasteiger partial charge in [-0.2, -0.15) is 0 Å². The van der Waals surface area contributed by atoms with E-state index in [1.807, 2.05) is 24.3 Å². The Morgan fingerprint density at radius 3 is 2.70 bits per heavy atom. The van der Waals surface area contributed by atoms with Gasteiger partial charge >= 0.3 is 0 Å². The molecule has 4 rings (SSSR count). The van der Waals surface area contributed by atoms with Crippen molar-refractivity contribution < 1.29 is 14.6 Å². The highest BCUT2D eigenvalue weighted by Gasteiger charge is 2.16. The lowest BCUT2D eigenvalue weighted by Gasteiger charge is -2.29. The van der Waals surface area contributed by atoms with Gasteiger partial charge in [-0.25, -0.2) is 4.98 Å². The largest absolute Gasteiger partial charge is 0.508 e. The van der Waals surface area contributed by atoms with Gasteiger partial charge in [-0.05, 0) is 36.4 Å². The third-order valence-electron chi connectivity index (χ3n) is 4.59. The number of hydrogen-bond donors (Lipinski definition) is 1. The molecule has 27 heavy (non-hydrogen) atoms. The second kappa shape index (κ2) is 7.60. The number of para-hydroxylation sites is 1. The van der Waals surface area contributed by atoms with Crippen LogP contribution >= 0.6 is 0 Å². The molecule has 2 aromatic carbocycles. The number of carbonyl (C=O) groups excluding carboxylic acids is 1. The van der Waals surface area contributed by atoms with E-state index < -0.39 is 0 Å². The number of rotatable bonds is 4. The minimum Gasteiger partial charge on any atom is -0.508 e. The van der Waals surface area contributed by atoms with Crippen LogP contribution in [0.1, 0.15) is 15.9 Å². The van der Waals surface area contributed by atoms with E-state index in [0.717, 1.165) is 35.4 Å². The first-order chi connectivity index (χ1) is 13.2. The normalized spacial score (nSPS) is 14.7. The minimum atomic E-state index is -0.160. The summed E-state index contributed by atoms with van der Waals surface area (Å²) >= 11 is 0. The fraction of sp³-hybridized carbons (Fsp3) is 0.182. The van der Waals surface area contributed by atoms with Crippen LogP contribution in [0, 0.1) is 0 Å². The fourth-order valence-electron chi connectivity index (χ4n) is 3.19. The summed E-state index contributed by atoms with van der Waals surface area (Å²) in [6, 6.07) is 16.4. The Morgan fingerprint density at radius 2 is 1.89 bits per heavy atom. The predicted molar refractivity (Wildman–Crippen MR) is 106 cm³/mol. The molecule has 136 valence electrons. The molecule has 0 saturated carbocycles. The van der Waals surface area contributed by atoms with E-state index >= 15 is 0 Å². The topological polar surface area (TPSA) is 62.7 Å². The van der Waals surface area contributed by atoms with Gasteiger partial charge in [-0.1, -0.05) is 30.3 Å². The number of fused-ring (bicyclic) bond motifs is 1. The number of phenols is 1. The van der Waals surface area contributed by atoms with Crippen molar-refractivity contribution in [2.75, 3.05) is 31.2 Å². The second-order valence-corrected chi connectivity index (χ2v) is 6.44. The summed E-state index contributed by atoms with van der Waals surface area (Å²) in [4.78, 5) is 19.5. The molecular formula is C22H20N2O3. The van der Waals surface area contributed by atoms with Gasteiger partial charge in [0, 0.05) is 29.6 Å². The number of ketones is 1. The number of ether oxygens (including phenoxy) is 1. The Hall–Kier alpha value is -3.18. The average molecular weight is 360 g/mol. The third kappa shape index (κ3) is 3.83. The van der Waals surface area contributed by atoms with Crippen molar-refractivity contribution in [2.45, 2.75) is 0 Å². The first-order valence-electron chi connectivity index (χ1n) is 8.95. The molecule has 1 aromatic heterocycles. The first-order valence-corrected chi connectivity index (χ1v) is 8.95. The molecule has 0 amide bonds. The zero-order valence-corrected chi connectivity index (χ0v) is 14.8. The summed E-state index contributed by atoms with van der Waals surface area (Å²) in [5, 5.41) is 10.6. The molecule has 0 bridgehead atoms. The van der Waals surface area contributed by atoms with Crippen LogP contribution in [0.5, 0.6) is 5.75 Å². The van der Waals surface area contributed by atoms with E-state index in [1.165, 1.54) is 12.1 Å². The van der Waals surface area contributed by atoms with Gasteiger partial charge in [0.2, 0.25) is 0 Å². The summed E-state index contributed by atoms with van der Waals surface area (Å²) in [6.07, 6.45) is 3.33. The lowest BCUT2D eigenvalue weighted by molar-refractivity contribution is 0.104. The van der Waals surface area contributed by atoms with Gasteiger partial charge in [-0.3, -0.25) is 4.79 Å². The number of pyridine rings is 1. The Labute approximate surface area is 157 Å². The number of phenolic OH excluding ortho intramolecular Hbond substituents is 1. The lowest BCUT2D eigenvalue weighted by atomic mass is 10.1. The molecule has 5 nitrogen and oxygen atoms in total. The van der Waals surface area contributed by atoms with Crippen LogP contribution in [-0.4, -0.2) is 42.2 Å². The molecule has 0 atom stereocenters. The van der Waals surface area contributed by atoms with E-state index in [-0.39, 0.29) is 11.5 Å². The van der Waals surface area contributed by atoms with E-state index in [9.17, 15) is 9.90 Å². The number of anilines is 1. The number of allylic oxidation sites excluding steroid dienone is 1. The minimum absolute atomic E-state index is 0.0793. The maximum Gasteiger partial charge on any atom is 0.185 e. The number of nitrogens with zero attached hydrogens (tertiary/aromatic N) is 2. The fourth-order valence-corrected chi connectivity index (χ4v) is 3.19.